The Labute approximate surface area is 213 Å². The van der Waals surface area contributed by atoms with Gasteiger partial charge in [0.15, 0.2) is 11.0 Å². The lowest BCUT2D eigenvalue weighted by atomic mass is 10.2. The summed E-state index contributed by atoms with van der Waals surface area (Å²) in [6.07, 6.45) is 3.48. The normalized spacial score (nSPS) is 13.8. The molecule has 0 saturated carbocycles. The molecule has 1 fully saturated rings. The minimum absolute atomic E-state index is 0.102. The van der Waals surface area contributed by atoms with Crippen LogP contribution in [0.2, 0.25) is 5.02 Å². The minimum atomic E-state index is 0.102. The summed E-state index contributed by atoms with van der Waals surface area (Å²) < 4.78 is 2.00. The van der Waals surface area contributed by atoms with Crippen LogP contribution in [0, 0.1) is 6.92 Å². The maximum atomic E-state index is 13.0. The van der Waals surface area contributed by atoms with Gasteiger partial charge in [0, 0.05) is 60.5 Å². The molecule has 3 heterocycles. The molecule has 178 valence electrons. The summed E-state index contributed by atoms with van der Waals surface area (Å²) in [6.45, 7) is 4.98. The highest BCUT2D eigenvalue weighted by Crippen LogP contribution is 2.28. The van der Waals surface area contributed by atoms with Crippen LogP contribution in [0.5, 0.6) is 0 Å². The van der Waals surface area contributed by atoms with E-state index >= 15 is 0 Å². The molecule has 5 rings (SSSR count). The van der Waals surface area contributed by atoms with Crippen LogP contribution < -0.4 is 4.90 Å². The van der Waals surface area contributed by atoms with Crippen LogP contribution in [0.4, 0.5) is 5.69 Å². The van der Waals surface area contributed by atoms with Crippen LogP contribution in [-0.4, -0.2) is 62.5 Å². The number of halogens is 1. The summed E-state index contributed by atoms with van der Waals surface area (Å²) >= 11 is 7.55. The van der Waals surface area contributed by atoms with E-state index in [9.17, 15) is 4.79 Å². The van der Waals surface area contributed by atoms with Crippen molar-refractivity contribution < 1.29 is 4.79 Å². The Morgan fingerprint density at radius 1 is 0.943 bits per heavy atom. The largest absolute Gasteiger partial charge is 0.368 e. The molecule has 2 aromatic heterocycles. The third-order valence-corrected chi connectivity index (χ3v) is 7.14. The fourth-order valence-electron chi connectivity index (χ4n) is 4.08. The van der Waals surface area contributed by atoms with Crippen molar-refractivity contribution in [3.05, 3.63) is 83.6 Å². The molecule has 7 nitrogen and oxygen atoms in total. The van der Waals surface area contributed by atoms with Gasteiger partial charge < -0.3 is 9.80 Å². The number of nitrogens with zero attached hydrogens (tertiary/aromatic N) is 6. The molecule has 1 saturated heterocycles. The predicted molar refractivity (Wildman–Crippen MR) is 140 cm³/mol. The Balaban J connectivity index is 1.29. The average molecular weight is 505 g/mol. The van der Waals surface area contributed by atoms with Crippen LogP contribution >= 0.6 is 23.4 Å². The number of benzene rings is 2. The number of amides is 1. The molecule has 35 heavy (non-hydrogen) atoms. The van der Waals surface area contributed by atoms with Crippen molar-refractivity contribution in [3.63, 3.8) is 0 Å². The Morgan fingerprint density at radius 2 is 1.69 bits per heavy atom. The molecule has 0 aliphatic carbocycles. The van der Waals surface area contributed by atoms with E-state index in [0.29, 0.717) is 24.0 Å². The molecule has 1 amide bonds. The fourth-order valence-corrected chi connectivity index (χ4v) is 5.12. The van der Waals surface area contributed by atoms with Gasteiger partial charge in [0.2, 0.25) is 5.91 Å². The molecule has 4 aromatic rings. The van der Waals surface area contributed by atoms with Crippen molar-refractivity contribution in [3.8, 4) is 17.1 Å². The van der Waals surface area contributed by atoms with E-state index in [0.717, 1.165) is 40.9 Å². The number of aryl methyl sites for hydroxylation is 1. The van der Waals surface area contributed by atoms with Gasteiger partial charge >= 0.3 is 0 Å². The van der Waals surface area contributed by atoms with E-state index in [2.05, 4.69) is 45.2 Å². The highest BCUT2D eigenvalue weighted by atomic mass is 35.5. The van der Waals surface area contributed by atoms with E-state index < -0.39 is 0 Å². The zero-order valence-corrected chi connectivity index (χ0v) is 20.9. The second-order valence-corrected chi connectivity index (χ2v) is 9.73. The lowest BCUT2D eigenvalue weighted by molar-refractivity contribution is -0.128. The molecule has 0 radical (unpaired) electrons. The highest BCUT2D eigenvalue weighted by molar-refractivity contribution is 7.99. The number of rotatable bonds is 6. The van der Waals surface area contributed by atoms with Crippen molar-refractivity contribution in [1.82, 2.24) is 24.6 Å². The molecule has 2 aromatic carbocycles. The average Bonchev–Trinajstić information content (AvgIpc) is 3.32. The van der Waals surface area contributed by atoms with Crippen LogP contribution in [0.15, 0.2) is 78.2 Å². The number of hydrogen-bond acceptors (Lipinski definition) is 6. The number of carbonyl (C=O) groups excluding carboxylic acids is 1. The van der Waals surface area contributed by atoms with Gasteiger partial charge in [-0.05, 0) is 49.4 Å². The number of carbonyl (C=O) groups is 1. The second kappa shape index (κ2) is 10.5. The molecule has 1 aliphatic heterocycles. The Kier molecular flexibility index (Phi) is 7.01. The van der Waals surface area contributed by atoms with Crippen molar-refractivity contribution in [2.45, 2.75) is 12.1 Å². The van der Waals surface area contributed by atoms with Gasteiger partial charge in [-0.25, -0.2) is 0 Å². The minimum Gasteiger partial charge on any atom is -0.368 e. The van der Waals surface area contributed by atoms with Gasteiger partial charge in [0.05, 0.1) is 5.75 Å². The molecule has 0 N–H and O–H groups in total. The maximum absolute atomic E-state index is 13.0. The maximum Gasteiger partial charge on any atom is 0.233 e. The Bertz CT molecular complexity index is 1300. The van der Waals surface area contributed by atoms with E-state index in [1.165, 1.54) is 17.3 Å². The van der Waals surface area contributed by atoms with Crippen LogP contribution in [0.3, 0.4) is 0 Å². The zero-order chi connectivity index (χ0) is 24.2. The molecule has 0 atom stereocenters. The summed E-state index contributed by atoms with van der Waals surface area (Å²) in [5.74, 6) is 1.13. The van der Waals surface area contributed by atoms with Crippen molar-refractivity contribution in [2.24, 2.45) is 0 Å². The lowest BCUT2D eigenvalue weighted by Crippen LogP contribution is -2.49. The van der Waals surface area contributed by atoms with Gasteiger partial charge in [0.25, 0.3) is 0 Å². The molecule has 0 unspecified atom stereocenters. The summed E-state index contributed by atoms with van der Waals surface area (Å²) in [5, 5.41) is 10.3. The highest BCUT2D eigenvalue weighted by Gasteiger charge is 2.23. The van der Waals surface area contributed by atoms with Gasteiger partial charge in [-0.15, -0.1) is 10.2 Å². The summed E-state index contributed by atoms with van der Waals surface area (Å²) in [7, 11) is 0. The van der Waals surface area contributed by atoms with Crippen LogP contribution in [0.1, 0.15) is 5.56 Å². The van der Waals surface area contributed by atoms with Gasteiger partial charge in [-0.2, -0.15) is 0 Å². The number of aromatic nitrogens is 4. The first-order valence-corrected chi connectivity index (χ1v) is 12.8. The number of pyridine rings is 1. The monoisotopic (exact) mass is 504 g/mol. The fraction of sp³-hybridized carbons (Fsp3) is 0.231. The number of anilines is 1. The first-order chi connectivity index (χ1) is 17.1. The molecular weight excluding hydrogens is 480 g/mol. The SMILES string of the molecule is Cc1ccc(-n2c(SCC(=O)N3CCN(c4cccc(Cl)c4)CC3)nnc2-c2ccncc2)cc1. The first kappa shape index (κ1) is 23.4. The van der Waals surface area contributed by atoms with E-state index in [1.54, 1.807) is 12.4 Å². The quantitative estimate of drug-likeness (QED) is 0.354. The van der Waals surface area contributed by atoms with E-state index in [4.69, 9.17) is 11.6 Å². The molecular formula is C26H25ClN6OS. The van der Waals surface area contributed by atoms with Crippen LogP contribution in [-0.2, 0) is 4.79 Å². The molecule has 1 aliphatic rings. The Hall–Kier alpha value is -3.36. The molecule has 0 spiro atoms. The predicted octanol–water partition coefficient (Wildman–Crippen LogP) is 4.73. The Morgan fingerprint density at radius 3 is 2.40 bits per heavy atom. The van der Waals surface area contributed by atoms with Crippen molar-refractivity contribution >= 4 is 35.0 Å². The third-order valence-electron chi connectivity index (χ3n) is 5.99. The first-order valence-electron chi connectivity index (χ1n) is 11.4. The summed E-state index contributed by atoms with van der Waals surface area (Å²) in [6, 6.07) is 19.9. The van der Waals surface area contributed by atoms with E-state index in [1.807, 2.05) is 51.9 Å². The number of piperazine rings is 1. The zero-order valence-electron chi connectivity index (χ0n) is 19.3. The molecule has 9 heteroatoms. The third kappa shape index (κ3) is 5.33. The number of thioether (sulfide) groups is 1. The van der Waals surface area contributed by atoms with Crippen molar-refractivity contribution in [2.75, 3.05) is 36.8 Å². The second-order valence-electron chi connectivity index (χ2n) is 8.35. The number of hydrogen-bond donors (Lipinski definition) is 0. The molecule has 0 bridgehead atoms. The standard InChI is InChI=1S/C26H25ClN6OS/c1-19-5-7-22(8-6-19)33-25(20-9-11-28-12-10-20)29-30-26(33)35-18-24(34)32-15-13-31(14-16-32)23-4-2-3-21(27)17-23/h2-12,17H,13-16,18H2,1H3. The van der Waals surface area contributed by atoms with Crippen LogP contribution in [0.25, 0.3) is 17.1 Å². The summed E-state index contributed by atoms with van der Waals surface area (Å²) in [4.78, 5) is 21.3. The van der Waals surface area contributed by atoms with Gasteiger partial charge in [0.1, 0.15) is 0 Å². The summed E-state index contributed by atoms with van der Waals surface area (Å²) in [5.41, 5.74) is 4.14. The van der Waals surface area contributed by atoms with Gasteiger partial charge in [-0.3, -0.25) is 14.3 Å². The smallest absolute Gasteiger partial charge is 0.233 e. The lowest BCUT2D eigenvalue weighted by Gasteiger charge is -2.36. The topological polar surface area (TPSA) is 67.2 Å². The van der Waals surface area contributed by atoms with E-state index in [-0.39, 0.29) is 5.91 Å². The van der Waals surface area contributed by atoms with Gasteiger partial charge in [-0.1, -0.05) is 47.1 Å². The van der Waals surface area contributed by atoms with Crippen molar-refractivity contribution in [1.29, 1.82) is 0 Å².